The van der Waals surface area contributed by atoms with Gasteiger partial charge in [-0.2, -0.15) is 0 Å². The van der Waals surface area contributed by atoms with Crippen LogP contribution < -0.4 is 10.5 Å². The Labute approximate surface area is 182 Å². The minimum atomic E-state index is -0.970. The van der Waals surface area contributed by atoms with Crippen LogP contribution in [-0.2, 0) is 11.2 Å². The normalized spacial score (nSPS) is 11.5. The molecule has 0 aliphatic carbocycles. The molecule has 0 aliphatic rings. The monoisotopic (exact) mass is 454 g/mol. The second kappa shape index (κ2) is 10.3. The van der Waals surface area contributed by atoms with Crippen molar-refractivity contribution in [1.82, 2.24) is 4.98 Å². The minimum Gasteiger partial charge on any atom is -0.481 e. The Morgan fingerprint density at radius 3 is 2.60 bits per heavy atom. The van der Waals surface area contributed by atoms with Gasteiger partial charge in [0, 0.05) is 23.9 Å². The molecule has 0 saturated carbocycles. The lowest BCUT2D eigenvalue weighted by molar-refractivity contribution is -0.137. The fourth-order valence-electron chi connectivity index (χ4n) is 2.85. The molecule has 0 amide bonds. The number of carboxylic acid groups (broad SMARTS) is 1. The van der Waals surface area contributed by atoms with E-state index in [-0.39, 0.29) is 35.5 Å². The summed E-state index contributed by atoms with van der Waals surface area (Å²) < 4.78 is 33.7. The molecule has 5 nitrogen and oxygen atoms in total. The van der Waals surface area contributed by atoms with E-state index in [1.165, 1.54) is 18.3 Å². The van der Waals surface area contributed by atoms with Gasteiger partial charge < -0.3 is 15.6 Å². The number of aliphatic carboxylic acids is 1. The Morgan fingerprint density at radius 1 is 1.17 bits per heavy atom. The standard InChI is InChI=1S/C21H17ClF2N2O3.ClH/c22-14-8-19(24)21(26-11-14)29-16-4-5-17(18(23)10-16)13-3-1-2-12(6-13)7-15(25)9-20(27)28;/h1-6,8,10-11,15H,7,9,25H2,(H,27,28);1H. The topological polar surface area (TPSA) is 85.4 Å². The molecule has 0 radical (unpaired) electrons. The van der Waals surface area contributed by atoms with Crippen molar-refractivity contribution >= 4 is 30.0 Å². The smallest absolute Gasteiger partial charge is 0.304 e. The highest BCUT2D eigenvalue weighted by molar-refractivity contribution is 6.30. The van der Waals surface area contributed by atoms with Crippen LogP contribution in [0.25, 0.3) is 11.1 Å². The number of ether oxygens (including phenoxy) is 1. The number of hydrogen-bond donors (Lipinski definition) is 2. The summed E-state index contributed by atoms with van der Waals surface area (Å²) in [6.45, 7) is 0. The van der Waals surface area contributed by atoms with Crippen LogP contribution in [0.4, 0.5) is 8.78 Å². The van der Waals surface area contributed by atoms with Crippen molar-refractivity contribution in [3.8, 4) is 22.8 Å². The van der Waals surface area contributed by atoms with Crippen LogP contribution in [0, 0.1) is 11.6 Å². The summed E-state index contributed by atoms with van der Waals surface area (Å²) in [5, 5.41) is 8.94. The maximum Gasteiger partial charge on any atom is 0.304 e. The van der Waals surface area contributed by atoms with Gasteiger partial charge in [0.1, 0.15) is 11.6 Å². The third-order valence-electron chi connectivity index (χ3n) is 4.10. The molecular formula is C21H18Cl2F2N2O3. The van der Waals surface area contributed by atoms with Gasteiger partial charge in [-0.15, -0.1) is 12.4 Å². The van der Waals surface area contributed by atoms with Crippen molar-refractivity contribution in [2.75, 3.05) is 0 Å². The number of carbonyl (C=O) groups is 1. The first-order valence-electron chi connectivity index (χ1n) is 8.67. The predicted octanol–water partition coefficient (Wildman–Crippen LogP) is 5.24. The van der Waals surface area contributed by atoms with Crippen molar-refractivity contribution in [3.05, 3.63) is 76.9 Å². The summed E-state index contributed by atoms with van der Waals surface area (Å²) in [7, 11) is 0. The van der Waals surface area contributed by atoms with Gasteiger partial charge in [-0.05, 0) is 35.7 Å². The van der Waals surface area contributed by atoms with E-state index < -0.39 is 23.6 Å². The van der Waals surface area contributed by atoms with Gasteiger partial charge in [0.05, 0.1) is 11.4 Å². The van der Waals surface area contributed by atoms with Gasteiger partial charge in [0.25, 0.3) is 5.88 Å². The molecule has 0 saturated heterocycles. The molecule has 30 heavy (non-hydrogen) atoms. The van der Waals surface area contributed by atoms with Gasteiger partial charge in [-0.25, -0.2) is 13.8 Å². The molecule has 3 rings (SSSR count). The number of rotatable bonds is 7. The lowest BCUT2D eigenvalue weighted by Gasteiger charge is -2.12. The van der Waals surface area contributed by atoms with Crippen molar-refractivity contribution in [3.63, 3.8) is 0 Å². The minimum absolute atomic E-state index is 0. The molecule has 158 valence electrons. The second-order valence-corrected chi connectivity index (χ2v) is 6.88. The highest BCUT2D eigenvalue weighted by atomic mass is 35.5. The summed E-state index contributed by atoms with van der Waals surface area (Å²) in [4.78, 5) is 14.5. The number of aromatic nitrogens is 1. The molecule has 0 fully saturated rings. The summed E-state index contributed by atoms with van der Waals surface area (Å²) in [6.07, 6.45) is 1.43. The van der Waals surface area contributed by atoms with Crippen LogP contribution in [-0.4, -0.2) is 22.1 Å². The predicted molar refractivity (Wildman–Crippen MR) is 112 cm³/mol. The Kier molecular flexibility index (Phi) is 8.11. The van der Waals surface area contributed by atoms with Crippen LogP contribution in [0.1, 0.15) is 12.0 Å². The maximum absolute atomic E-state index is 14.7. The molecule has 3 aromatic rings. The van der Waals surface area contributed by atoms with E-state index in [0.717, 1.165) is 17.7 Å². The van der Waals surface area contributed by atoms with Gasteiger partial charge >= 0.3 is 5.97 Å². The zero-order valence-corrected chi connectivity index (χ0v) is 17.1. The van der Waals surface area contributed by atoms with E-state index in [2.05, 4.69) is 4.98 Å². The number of carboxylic acids is 1. The first-order chi connectivity index (χ1) is 13.8. The van der Waals surface area contributed by atoms with E-state index in [0.29, 0.717) is 17.5 Å². The fourth-order valence-corrected chi connectivity index (χ4v) is 2.99. The molecule has 0 bridgehead atoms. The summed E-state index contributed by atoms with van der Waals surface area (Å²) in [6, 6.07) is 11.7. The quantitative estimate of drug-likeness (QED) is 0.509. The molecule has 2 aromatic carbocycles. The van der Waals surface area contributed by atoms with Crippen LogP contribution in [0.5, 0.6) is 11.6 Å². The number of halogens is 4. The Bertz CT molecular complexity index is 1050. The summed E-state index contributed by atoms with van der Waals surface area (Å²) in [5.74, 6) is -2.52. The van der Waals surface area contributed by atoms with Crippen LogP contribution in [0.15, 0.2) is 54.7 Å². The summed E-state index contributed by atoms with van der Waals surface area (Å²) >= 11 is 5.65. The van der Waals surface area contributed by atoms with E-state index in [4.69, 9.17) is 27.2 Å². The summed E-state index contributed by atoms with van der Waals surface area (Å²) in [5.41, 5.74) is 7.54. The van der Waals surface area contributed by atoms with Crippen LogP contribution >= 0.6 is 24.0 Å². The van der Waals surface area contributed by atoms with Gasteiger partial charge in [0.15, 0.2) is 5.82 Å². The first-order valence-corrected chi connectivity index (χ1v) is 9.05. The van der Waals surface area contributed by atoms with Crippen molar-refractivity contribution in [2.24, 2.45) is 5.73 Å². The van der Waals surface area contributed by atoms with Gasteiger partial charge in [-0.3, -0.25) is 4.79 Å². The average Bonchev–Trinajstić information content (AvgIpc) is 2.63. The van der Waals surface area contributed by atoms with Crippen LogP contribution in [0.2, 0.25) is 5.02 Å². The number of nitrogens with two attached hydrogens (primary N) is 1. The lowest BCUT2D eigenvalue weighted by atomic mass is 9.98. The van der Waals surface area contributed by atoms with E-state index in [9.17, 15) is 13.6 Å². The lowest BCUT2D eigenvalue weighted by Crippen LogP contribution is -2.26. The number of hydrogen-bond acceptors (Lipinski definition) is 4. The maximum atomic E-state index is 14.7. The number of pyridine rings is 1. The fraction of sp³-hybridized carbons (Fsp3) is 0.143. The number of nitrogens with zero attached hydrogens (tertiary/aromatic N) is 1. The van der Waals surface area contributed by atoms with Crippen molar-refractivity contribution in [2.45, 2.75) is 18.9 Å². The Hall–Kier alpha value is -2.74. The molecule has 3 N–H and O–H groups in total. The van der Waals surface area contributed by atoms with Gasteiger partial charge in [-0.1, -0.05) is 35.9 Å². The SMILES string of the molecule is Cl.NC(CC(=O)O)Cc1cccc(-c2ccc(Oc3ncc(Cl)cc3F)cc2F)c1. The van der Waals surface area contributed by atoms with E-state index >= 15 is 0 Å². The molecule has 1 unspecified atom stereocenters. The molecule has 9 heteroatoms. The molecule has 0 spiro atoms. The molecular weight excluding hydrogens is 437 g/mol. The largest absolute Gasteiger partial charge is 0.481 e. The average molecular weight is 455 g/mol. The molecule has 0 aliphatic heterocycles. The molecule has 1 heterocycles. The Morgan fingerprint density at radius 2 is 1.93 bits per heavy atom. The third kappa shape index (κ3) is 6.13. The second-order valence-electron chi connectivity index (χ2n) is 6.45. The first kappa shape index (κ1) is 23.5. The van der Waals surface area contributed by atoms with E-state index in [1.54, 1.807) is 24.3 Å². The van der Waals surface area contributed by atoms with Gasteiger partial charge in [0.2, 0.25) is 0 Å². The van der Waals surface area contributed by atoms with Crippen molar-refractivity contribution in [1.29, 1.82) is 0 Å². The van der Waals surface area contributed by atoms with E-state index in [1.807, 2.05) is 0 Å². The third-order valence-corrected chi connectivity index (χ3v) is 4.31. The number of benzene rings is 2. The zero-order valence-electron chi connectivity index (χ0n) is 15.5. The highest BCUT2D eigenvalue weighted by Gasteiger charge is 2.13. The Balaban J connectivity index is 0.00000320. The molecule has 1 atom stereocenters. The highest BCUT2D eigenvalue weighted by Crippen LogP contribution is 2.30. The zero-order chi connectivity index (χ0) is 21.0. The van der Waals surface area contributed by atoms with Crippen LogP contribution in [0.3, 0.4) is 0 Å². The molecule has 1 aromatic heterocycles. The van der Waals surface area contributed by atoms with Crippen molar-refractivity contribution < 1.29 is 23.4 Å².